The molecule has 1 fully saturated rings. The number of aromatic nitrogens is 3. The van der Waals surface area contributed by atoms with Crippen LogP contribution in [0.15, 0.2) is 24.4 Å². The third-order valence-corrected chi connectivity index (χ3v) is 4.50. The SMILES string of the molecule is COc1ccc(CCNc2cnnc(N3CCN(C)CC3)n2)cc1OC. The zero-order valence-electron chi connectivity index (χ0n) is 15.6. The molecule has 0 spiro atoms. The van der Waals surface area contributed by atoms with Crippen LogP contribution in [0.3, 0.4) is 0 Å². The third kappa shape index (κ3) is 4.51. The summed E-state index contributed by atoms with van der Waals surface area (Å²) in [6.45, 7) is 4.62. The van der Waals surface area contributed by atoms with Crippen LogP contribution in [0.1, 0.15) is 5.56 Å². The first kappa shape index (κ1) is 18.2. The lowest BCUT2D eigenvalue weighted by Crippen LogP contribution is -2.45. The van der Waals surface area contributed by atoms with Gasteiger partial charge in [-0.2, -0.15) is 10.1 Å². The topological polar surface area (TPSA) is 75.6 Å². The van der Waals surface area contributed by atoms with Crippen molar-refractivity contribution in [3.05, 3.63) is 30.0 Å². The Kier molecular flexibility index (Phi) is 6.06. The van der Waals surface area contributed by atoms with E-state index in [-0.39, 0.29) is 0 Å². The molecule has 1 N–H and O–H groups in total. The summed E-state index contributed by atoms with van der Waals surface area (Å²) in [5.41, 5.74) is 1.16. The molecule has 1 saturated heterocycles. The van der Waals surface area contributed by atoms with Crippen LogP contribution in [-0.2, 0) is 6.42 Å². The fraction of sp³-hybridized carbons (Fsp3) is 0.500. The van der Waals surface area contributed by atoms with Crippen molar-refractivity contribution in [2.75, 3.05) is 64.2 Å². The summed E-state index contributed by atoms with van der Waals surface area (Å²) in [5, 5.41) is 11.6. The maximum atomic E-state index is 5.35. The van der Waals surface area contributed by atoms with Gasteiger partial charge < -0.3 is 24.6 Å². The van der Waals surface area contributed by atoms with Crippen molar-refractivity contribution in [1.29, 1.82) is 0 Å². The third-order valence-electron chi connectivity index (χ3n) is 4.50. The van der Waals surface area contributed by atoms with Gasteiger partial charge in [0.1, 0.15) is 0 Å². The van der Waals surface area contributed by atoms with Crippen molar-refractivity contribution >= 4 is 11.8 Å². The number of nitrogens with zero attached hydrogens (tertiary/aromatic N) is 5. The molecule has 0 saturated carbocycles. The predicted octanol–water partition coefficient (Wildman–Crippen LogP) is 1.30. The fourth-order valence-electron chi connectivity index (χ4n) is 2.89. The summed E-state index contributed by atoms with van der Waals surface area (Å²) >= 11 is 0. The molecule has 3 rings (SSSR count). The van der Waals surface area contributed by atoms with Crippen LogP contribution >= 0.6 is 0 Å². The van der Waals surface area contributed by atoms with E-state index < -0.39 is 0 Å². The van der Waals surface area contributed by atoms with Gasteiger partial charge in [-0.3, -0.25) is 0 Å². The zero-order valence-corrected chi connectivity index (χ0v) is 15.6. The second kappa shape index (κ2) is 8.66. The first-order valence-electron chi connectivity index (χ1n) is 8.77. The standard InChI is InChI=1S/C18H26N6O2/c1-23-8-10-24(11-9-23)18-21-17(13-20-22-18)19-7-6-14-4-5-15(25-2)16(12-14)26-3/h4-5,12-13H,6-11H2,1-3H3,(H,19,21,22). The minimum Gasteiger partial charge on any atom is -0.493 e. The molecule has 8 nitrogen and oxygen atoms in total. The van der Waals surface area contributed by atoms with E-state index in [1.54, 1.807) is 20.4 Å². The first-order chi connectivity index (χ1) is 12.7. The Labute approximate surface area is 154 Å². The second-order valence-electron chi connectivity index (χ2n) is 6.30. The van der Waals surface area contributed by atoms with Crippen LogP contribution in [0.2, 0.25) is 0 Å². The average molecular weight is 358 g/mol. The second-order valence-corrected chi connectivity index (χ2v) is 6.30. The van der Waals surface area contributed by atoms with E-state index in [2.05, 4.69) is 37.3 Å². The molecule has 0 atom stereocenters. The van der Waals surface area contributed by atoms with Gasteiger partial charge in [-0.05, 0) is 31.2 Å². The summed E-state index contributed by atoms with van der Waals surface area (Å²) in [4.78, 5) is 9.07. The van der Waals surface area contributed by atoms with Crippen molar-refractivity contribution in [3.8, 4) is 11.5 Å². The van der Waals surface area contributed by atoms with Crippen LogP contribution in [-0.4, -0.2) is 74.1 Å². The molecule has 2 aromatic rings. The molecule has 0 radical (unpaired) electrons. The highest BCUT2D eigenvalue weighted by molar-refractivity contribution is 5.43. The van der Waals surface area contributed by atoms with Crippen molar-refractivity contribution in [3.63, 3.8) is 0 Å². The Hall–Kier alpha value is -2.61. The number of benzene rings is 1. The van der Waals surface area contributed by atoms with Gasteiger partial charge in [0.2, 0.25) is 5.95 Å². The van der Waals surface area contributed by atoms with Gasteiger partial charge in [-0.1, -0.05) is 6.07 Å². The Bertz CT molecular complexity index is 719. The van der Waals surface area contributed by atoms with Crippen molar-refractivity contribution in [2.24, 2.45) is 0 Å². The van der Waals surface area contributed by atoms with E-state index in [0.29, 0.717) is 5.95 Å². The van der Waals surface area contributed by atoms with Gasteiger partial charge in [-0.25, -0.2) is 0 Å². The zero-order chi connectivity index (χ0) is 18.4. The quantitative estimate of drug-likeness (QED) is 0.794. The maximum absolute atomic E-state index is 5.35. The molecule has 26 heavy (non-hydrogen) atoms. The highest BCUT2D eigenvalue weighted by atomic mass is 16.5. The predicted molar refractivity (Wildman–Crippen MR) is 101 cm³/mol. The Morgan fingerprint density at radius 2 is 1.85 bits per heavy atom. The number of hydrogen-bond donors (Lipinski definition) is 1. The molecule has 8 heteroatoms. The molecule has 1 aromatic carbocycles. The summed E-state index contributed by atoms with van der Waals surface area (Å²) < 4.78 is 10.6. The molecule has 1 aliphatic heterocycles. The number of likely N-dealkylation sites (N-methyl/N-ethyl adjacent to an activating group) is 1. The van der Waals surface area contributed by atoms with Crippen LogP contribution in [0, 0.1) is 0 Å². The molecule has 2 heterocycles. The van der Waals surface area contributed by atoms with E-state index >= 15 is 0 Å². The number of anilines is 2. The molecular formula is C18H26N6O2. The monoisotopic (exact) mass is 358 g/mol. The molecule has 1 aliphatic rings. The Morgan fingerprint density at radius 1 is 1.08 bits per heavy atom. The smallest absolute Gasteiger partial charge is 0.247 e. The summed E-state index contributed by atoms with van der Waals surface area (Å²) in [6, 6.07) is 5.96. The number of nitrogens with one attached hydrogen (secondary N) is 1. The fourth-order valence-corrected chi connectivity index (χ4v) is 2.89. The molecular weight excluding hydrogens is 332 g/mol. The number of ether oxygens (including phenoxy) is 2. The van der Waals surface area contributed by atoms with E-state index in [9.17, 15) is 0 Å². The van der Waals surface area contributed by atoms with Gasteiger partial charge in [0.25, 0.3) is 0 Å². The van der Waals surface area contributed by atoms with E-state index in [0.717, 1.165) is 62.0 Å². The normalized spacial score (nSPS) is 15.0. The van der Waals surface area contributed by atoms with Crippen LogP contribution in [0.4, 0.5) is 11.8 Å². The van der Waals surface area contributed by atoms with E-state index in [4.69, 9.17) is 9.47 Å². The number of methoxy groups -OCH3 is 2. The van der Waals surface area contributed by atoms with Gasteiger partial charge in [0.15, 0.2) is 17.3 Å². The van der Waals surface area contributed by atoms with Gasteiger partial charge >= 0.3 is 0 Å². The van der Waals surface area contributed by atoms with Crippen LogP contribution < -0.4 is 19.7 Å². The molecule has 140 valence electrons. The van der Waals surface area contributed by atoms with E-state index in [1.165, 1.54) is 0 Å². The molecule has 0 aliphatic carbocycles. The first-order valence-corrected chi connectivity index (χ1v) is 8.77. The van der Waals surface area contributed by atoms with Crippen molar-refractivity contribution in [1.82, 2.24) is 20.1 Å². The summed E-state index contributed by atoms with van der Waals surface area (Å²) in [5.74, 6) is 2.91. The molecule has 1 aromatic heterocycles. The molecule has 0 bridgehead atoms. The minimum atomic E-state index is 0.689. The highest BCUT2D eigenvalue weighted by Crippen LogP contribution is 2.27. The summed E-state index contributed by atoms with van der Waals surface area (Å²) in [6.07, 6.45) is 2.50. The average Bonchev–Trinajstić information content (AvgIpc) is 2.68. The number of rotatable bonds is 7. The lowest BCUT2D eigenvalue weighted by molar-refractivity contribution is 0.311. The Morgan fingerprint density at radius 3 is 2.58 bits per heavy atom. The van der Waals surface area contributed by atoms with Crippen molar-refractivity contribution < 1.29 is 9.47 Å². The molecule has 0 amide bonds. The maximum Gasteiger partial charge on any atom is 0.247 e. The van der Waals surface area contributed by atoms with Crippen LogP contribution in [0.25, 0.3) is 0 Å². The summed E-state index contributed by atoms with van der Waals surface area (Å²) in [7, 11) is 5.41. The highest BCUT2D eigenvalue weighted by Gasteiger charge is 2.17. The number of piperazine rings is 1. The van der Waals surface area contributed by atoms with Gasteiger partial charge in [-0.15, -0.1) is 5.10 Å². The van der Waals surface area contributed by atoms with Crippen molar-refractivity contribution in [2.45, 2.75) is 6.42 Å². The van der Waals surface area contributed by atoms with E-state index in [1.807, 2.05) is 18.2 Å². The minimum absolute atomic E-state index is 0.689. The van der Waals surface area contributed by atoms with Gasteiger partial charge in [0, 0.05) is 32.7 Å². The Balaban J connectivity index is 1.56. The number of hydrogen-bond acceptors (Lipinski definition) is 8. The van der Waals surface area contributed by atoms with Gasteiger partial charge in [0.05, 0.1) is 20.4 Å². The lowest BCUT2D eigenvalue weighted by Gasteiger charge is -2.32. The molecule has 0 unspecified atom stereocenters. The van der Waals surface area contributed by atoms with Crippen LogP contribution in [0.5, 0.6) is 11.5 Å². The largest absolute Gasteiger partial charge is 0.493 e. The lowest BCUT2D eigenvalue weighted by atomic mass is 10.1.